The lowest BCUT2D eigenvalue weighted by Crippen LogP contribution is -2.38. The Hall–Kier alpha value is -1.60. The molecule has 1 heterocycles. The van der Waals surface area contributed by atoms with Gasteiger partial charge in [0, 0.05) is 18.3 Å². The molecule has 0 aromatic heterocycles. The Morgan fingerprint density at radius 1 is 1.26 bits per heavy atom. The lowest BCUT2D eigenvalue weighted by molar-refractivity contribution is 0.111. The van der Waals surface area contributed by atoms with Crippen LogP contribution in [0, 0.1) is 5.92 Å². The highest BCUT2D eigenvalue weighted by atomic mass is 32.2. The molecule has 1 saturated carbocycles. The van der Waals surface area contributed by atoms with E-state index in [9.17, 15) is 13.2 Å². The summed E-state index contributed by atoms with van der Waals surface area (Å²) < 4.78 is 28.4. The summed E-state index contributed by atoms with van der Waals surface area (Å²) in [5.41, 5.74) is 1.68. The summed E-state index contributed by atoms with van der Waals surface area (Å²) in [6.45, 7) is 1.34. The smallest absolute Gasteiger partial charge is 0.319 e. The summed E-state index contributed by atoms with van der Waals surface area (Å²) in [5.74, 6) is 0.895. The topological polar surface area (TPSA) is 84.5 Å². The molecule has 1 aliphatic heterocycles. The Kier molecular flexibility index (Phi) is 4.87. The second-order valence-corrected chi connectivity index (χ2v) is 8.59. The number of nitrogens with one attached hydrogen (secondary N) is 2. The zero-order valence-electron chi connectivity index (χ0n) is 13.0. The van der Waals surface area contributed by atoms with Gasteiger partial charge in [0.05, 0.1) is 18.1 Å². The van der Waals surface area contributed by atoms with Crippen LogP contribution < -0.4 is 10.6 Å². The van der Waals surface area contributed by atoms with Crippen molar-refractivity contribution >= 4 is 21.6 Å². The van der Waals surface area contributed by atoms with Gasteiger partial charge in [0.15, 0.2) is 9.84 Å². The number of anilines is 1. The van der Waals surface area contributed by atoms with E-state index in [1.165, 1.54) is 12.8 Å². The van der Waals surface area contributed by atoms with Crippen molar-refractivity contribution in [2.45, 2.75) is 31.9 Å². The molecule has 2 aliphatic rings. The third kappa shape index (κ3) is 5.21. The maximum absolute atomic E-state index is 12.0. The van der Waals surface area contributed by atoms with E-state index in [0.29, 0.717) is 18.7 Å². The predicted molar refractivity (Wildman–Crippen MR) is 88.0 cm³/mol. The van der Waals surface area contributed by atoms with Crippen LogP contribution in [0.5, 0.6) is 0 Å². The van der Waals surface area contributed by atoms with Crippen molar-refractivity contribution in [3.63, 3.8) is 0 Å². The van der Waals surface area contributed by atoms with Crippen LogP contribution >= 0.6 is 0 Å². The van der Waals surface area contributed by atoms with Gasteiger partial charge in [0.25, 0.3) is 0 Å². The van der Waals surface area contributed by atoms with Crippen molar-refractivity contribution in [1.29, 1.82) is 0 Å². The maximum Gasteiger partial charge on any atom is 0.319 e. The fraction of sp³-hybridized carbons (Fsp3) is 0.562. The SMILES string of the molecule is O=C(Nc1cccc(COCC2CC2)c1)N[C@H]1CCS(=O)(=O)C1. The van der Waals surface area contributed by atoms with Crippen LogP contribution in [0.3, 0.4) is 0 Å². The molecule has 0 radical (unpaired) electrons. The van der Waals surface area contributed by atoms with Crippen LogP contribution in [0.25, 0.3) is 0 Å². The van der Waals surface area contributed by atoms with Crippen LogP contribution in [0.1, 0.15) is 24.8 Å². The molecule has 1 aliphatic carbocycles. The minimum absolute atomic E-state index is 0.0233. The number of benzene rings is 1. The van der Waals surface area contributed by atoms with Crippen LogP contribution in [-0.2, 0) is 21.2 Å². The number of carbonyl (C=O) groups excluding carboxylic acids is 1. The van der Waals surface area contributed by atoms with Crippen LogP contribution in [-0.4, -0.2) is 38.6 Å². The highest BCUT2D eigenvalue weighted by Crippen LogP contribution is 2.29. The molecule has 7 heteroatoms. The molecular weight excluding hydrogens is 316 g/mol. The third-order valence-electron chi connectivity index (χ3n) is 4.07. The highest BCUT2D eigenvalue weighted by molar-refractivity contribution is 7.91. The number of hydrogen-bond donors (Lipinski definition) is 2. The van der Waals surface area contributed by atoms with E-state index in [1.54, 1.807) is 6.07 Å². The second kappa shape index (κ2) is 6.88. The van der Waals surface area contributed by atoms with Crippen molar-refractivity contribution in [1.82, 2.24) is 5.32 Å². The van der Waals surface area contributed by atoms with Gasteiger partial charge in [0.2, 0.25) is 0 Å². The Bertz CT molecular complexity index is 670. The third-order valence-corrected chi connectivity index (χ3v) is 5.84. The van der Waals surface area contributed by atoms with Gasteiger partial charge in [-0.3, -0.25) is 0 Å². The number of ether oxygens (including phenoxy) is 1. The zero-order chi connectivity index (χ0) is 16.3. The van der Waals surface area contributed by atoms with Gasteiger partial charge in [-0.2, -0.15) is 0 Å². The van der Waals surface area contributed by atoms with Gasteiger partial charge in [0.1, 0.15) is 0 Å². The number of amides is 2. The molecular formula is C16H22N2O4S. The zero-order valence-corrected chi connectivity index (χ0v) is 13.8. The van der Waals surface area contributed by atoms with E-state index >= 15 is 0 Å². The molecule has 1 aromatic rings. The Morgan fingerprint density at radius 3 is 2.78 bits per heavy atom. The molecule has 23 heavy (non-hydrogen) atoms. The van der Waals surface area contributed by atoms with Crippen molar-refractivity contribution in [3.8, 4) is 0 Å². The molecule has 0 spiro atoms. The minimum atomic E-state index is -2.99. The maximum atomic E-state index is 12.0. The number of urea groups is 1. The molecule has 0 bridgehead atoms. The number of sulfone groups is 1. The first-order valence-corrected chi connectivity index (χ1v) is 9.77. The monoisotopic (exact) mass is 338 g/mol. The Labute approximate surface area is 136 Å². The van der Waals surface area contributed by atoms with Gasteiger partial charge in [-0.1, -0.05) is 12.1 Å². The Morgan fingerprint density at radius 2 is 2.09 bits per heavy atom. The van der Waals surface area contributed by atoms with Crippen molar-refractivity contribution in [2.75, 3.05) is 23.4 Å². The predicted octanol–water partition coefficient (Wildman–Crippen LogP) is 1.92. The van der Waals surface area contributed by atoms with Gasteiger partial charge < -0.3 is 15.4 Å². The lowest BCUT2D eigenvalue weighted by Gasteiger charge is -2.13. The van der Waals surface area contributed by atoms with Crippen LogP contribution in [0.2, 0.25) is 0 Å². The standard InChI is InChI=1S/C16H22N2O4S/c19-16(18-15-6-7-23(20,21)11-15)17-14-3-1-2-13(8-14)10-22-9-12-4-5-12/h1-3,8,12,15H,4-7,9-11H2,(H2,17,18,19)/t15-/m0/s1. The molecule has 1 aromatic carbocycles. The molecule has 2 amide bonds. The van der Waals surface area contributed by atoms with Crippen molar-refractivity contribution in [2.24, 2.45) is 5.92 Å². The fourth-order valence-electron chi connectivity index (χ4n) is 2.63. The first-order valence-electron chi connectivity index (χ1n) is 7.95. The van der Waals surface area contributed by atoms with Crippen LogP contribution in [0.4, 0.5) is 10.5 Å². The van der Waals surface area contributed by atoms with Gasteiger partial charge in [-0.05, 0) is 42.9 Å². The molecule has 0 unspecified atom stereocenters. The summed E-state index contributed by atoms with van der Waals surface area (Å²) in [6.07, 6.45) is 3.00. The van der Waals surface area contributed by atoms with Gasteiger partial charge in [-0.15, -0.1) is 0 Å². The first kappa shape index (κ1) is 16.3. The molecule has 2 N–H and O–H groups in total. The average Bonchev–Trinajstić information content (AvgIpc) is 3.23. The van der Waals surface area contributed by atoms with E-state index in [2.05, 4.69) is 10.6 Å². The van der Waals surface area contributed by atoms with Crippen molar-refractivity contribution < 1.29 is 17.9 Å². The summed E-state index contributed by atoms with van der Waals surface area (Å²) in [6, 6.07) is 6.83. The number of hydrogen-bond acceptors (Lipinski definition) is 4. The number of carbonyl (C=O) groups is 1. The van der Waals surface area contributed by atoms with Gasteiger partial charge in [-0.25, -0.2) is 13.2 Å². The molecule has 1 saturated heterocycles. The van der Waals surface area contributed by atoms with E-state index in [-0.39, 0.29) is 23.6 Å². The van der Waals surface area contributed by atoms with E-state index < -0.39 is 9.84 Å². The molecule has 1 atom stereocenters. The first-order chi connectivity index (χ1) is 11.0. The van der Waals surface area contributed by atoms with Crippen molar-refractivity contribution in [3.05, 3.63) is 29.8 Å². The van der Waals surface area contributed by atoms with E-state index in [0.717, 1.165) is 18.1 Å². The Balaban J connectivity index is 1.47. The lowest BCUT2D eigenvalue weighted by atomic mass is 10.2. The molecule has 126 valence electrons. The molecule has 6 nitrogen and oxygen atoms in total. The largest absolute Gasteiger partial charge is 0.376 e. The molecule has 2 fully saturated rings. The normalized spacial score (nSPS) is 22.7. The minimum Gasteiger partial charge on any atom is -0.376 e. The summed E-state index contributed by atoms with van der Waals surface area (Å²) >= 11 is 0. The number of rotatable bonds is 6. The highest BCUT2D eigenvalue weighted by Gasteiger charge is 2.28. The fourth-order valence-corrected chi connectivity index (χ4v) is 4.30. The summed E-state index contributed by atoms with van der Waals surface area (Å²) in [5, 5.41) is 5.46. The second-order valence-electron chi connectivity index (χ2n) is 6.36. The van der Waals surface area contributed by atoms with Crippen LogP contribution in [0.15, 0.2) is 24.3 Å². The average molecular weight is 338 g/mol. The summed E-state index contributed by atoms with van der Waals surface area (Å²) in [7, 11) is -2.99. The quantitative estimate of drug-likeness (QED) is 0.830. The summed E-state index contributed by atoms with van der Waals surface area (Å²) in [4.78, 5) is 12.0. The van der Waals surface area contributed by atoms with Gasteiger partial charge >= 0.3 is 6.03 Å². The van der Waals surface area contributed by atoms with E-state index in [4.69, 9.17) is 4.74 Å². The van der Waals surface area contributed by atoms with E-state index in [1.807, 2.05) is 18.2 Å². The molecule has 3 rings (SSSR count).